The van der Waals surface area contributed by atoms with E-state index in [4.69, 9.17) is 9.47 Å². The van der Waals surface area contributed by atoms with Gasteiger partial charge in [0.25, 0.3) is 5.96 Å². The van der Waals surface area contributed by atoms with E-state index >= 15 is 0 Å². The molecule has 2 atom stereocenters. The molecule has 2 unspecified atom stereocenters. The molecule has 2 fully saturated rings. The van der Waals surface area contributed by atoms with Crippen molar-refractivity contribution < 1.29 is 14.5 Å². The van der Waals surface area contributed by atoms with Crippen LogP contribution in [0.2, 0.25) is 0 Å². The number of hydrazone groups is 1. The summed E-state index contributed by atoms with van der Waals surface area (Å²) in [7, 11) is 0. The fourth-order valence-corrected chi connectivity index (χ4v) is 3.39. The van der Waals surface area contributed by atoms with Gasteiger partial charge in [0.15, 0.2) is 5.03 Å². The van der Waals surface area contributed by atoms with Crippen LogP contribution in [0.4, 0.5) is 0 Å². The molecule has 2 heterocycles. The highest BCUT2D eigenvalue weighted by Crippen LogP contribution is 2.30. The first-order valence-corrected chi connectivity index (χ1v) is 8.82. The molecule has 0 aromatic carbocycles. The SMILES string of the molecule is CCCCOC(C)N1CCN(CC2COC(C)(C)C2)C1=N[N+](=O)[O-]. The Hall–Kier alpha value is -1.41. The number of hydrogen-bond acceptors (Lipinski definition) is 4. The van der Waals surface area contributed by atoms with Gasteiger partial charge >= 0.3 is 0 Å². The molecule has 0 aliphatic carbocycles. The average molecular weight is 342 g/mol. The Balaban J connectivity index is 2.00. The second-order valence-electron chi connectivity index (χ2n) is 7.24. The first-order chi connectivity index (χ1) is 11.3. The van der Waals surface area contributed by atoms with Gasteiger partial charge in [-0.2, -0.15) is 0 Å². The molecule has 8 nitrogen and oxygen atoms in total. The summed E-state index contributed by atoms with van der Waals surface area (Å²) in [5, 5.41) is 14.0. The topological polar surface area (TPSA) is 80.4 Å². The third-order valence-corrected chi connectivity index (χ3v) is 4.59. The van der Waals surface area contributed by atoms with Crippen LogP contribution in [0.5, 0.6) is 0 Å². The van der Waals surface area contributed by atoms with Gasteiger partial charge < -0.3 is 19.3 Å². The van der Waals surface area contributed by atoms with Gasteiger partial charge in [-0.05, 0) is 33.6 Å². The predicted molar refractivity (Wildman–Crippen MR) is 91.2 cm³/mol. The van der Waals surface area contributed by atoms with E-state index in [0.717, 1.165) is 32.4 Å². The van der Waals surface area contributed by atoms with E-state index in [0.29, 0.717) is 31.6 Å². The van der Waals surface area contributed by atoms with E-state index in [2.05, 4.69) is 25.9 Å². The van der Waals surface area contributed by atoms with Crippen LogP contribution in [0, 0.1) is 16.0 Å². The Labute approximate surface area is 143 Å². The highest BCUT2D eigenvalue weighted by molar-refractivity contribution is 5.81. The van der Waals surface area contributed by atoms with Crippen LogP contribution < -0.4 is 0 Å². The normalized spacial score (nSPS) is 26.3. The summed E-state index contributed by atoms with van der Waals surface area (Å²) in [6, 6.07) is 0. The van der Waals surface area contributed by atoms with Gasteiger partial charge in [0, 0.05) is 32.2 Å². The van der Waals surface area contributed by atoms with E-state index in [-0.39, 0.29) is 11.8 Å². The molecule has 24 heavy (non-hydrogen) atoms. The first kappa shape index (κ1) is 18.9. The quantitative estimate of drug-likeness (QED) is 0.382. The Morgan fingerprint density at radius 2 is 2.25 bits per heavy atom. The monoisotopic (exact) mass is 342 g/mol. The average Bonchev–Trinajstić information content (AvgIpc) is 3.03. The lowest BCUT2D eigenvalue weighted by atomic mass is 9.97. The lowest BCUT2D eigenvalue weighted by Gasteiger charge is -2.27. The smallest absolute Gasteiger partial charge is 0.276 e. The van der Waals surface area contributed by atoms with Gasteiger partial charge in [-0.15, -0.1) is 0 Å². The van der Waals surface area contributed by atoms with Crippen LogP contribution in [0.1, 0.15) is 47.0 Å². The molecule has 0 bridgehead atoms. The lowest BCUT2D eigenvalue weighted by Crippen LogP contribution is -2.42. The van der Waals surface area contributed by atoms with Crippen molar-refractivity contribution in [3.8, 4) is 0 Å². The van der Waals surface area contributed by atoms with Crippen molar-refractivity contribution >= 4 is 5.96 Å². The molecule has 0 amide bonds. The Morgan fingerprint density at radius 1 is 1.50 bits per heavy atom. The molecule has 8 heteroatoms. The van der Waals surface area contributed by atoms with Crippen LogP contribution in [0.3, 0.4) is 0 Å². The molecule has 0 aromatic rings. The Bertz CT molecular complexity index is 469. The maximum atomic E-state index is 11.0. The molecule has 2 saturated heterocycles. The molecule has 2 rings (SSSR count). The molecular weight excluding hydrogens is 312 g/mol. The number of unbranched alkanes of at least 4 members (excludes halogenated alkanes) is 1. The number of nitrogens with zero attached hydrogens (tertiary/aromatic N) is 4. The standard InChI is InChI=1S/C16H30N4O4/c1-5-6-9-23-13(2)19-8-7-18(15(19)17-20(21)22)11-14-10-16(3,4)24-12-14/h13-14H,5-12H2,1-4H3. The number of rotatable bonds is 8. The summed E-state index contributed by atoms with van der Waals surface area (Å²) < 4.78 is 11.6. The van der Waals surface area contributed by atoms with Crippen molar-refractivity contribution in [1.82, 2.24) is 9.80 Å². The summed E-state index contributed by atoms with van der Waals surface area (Å²) in [5.74, 6) is 0.780. The number of hydrogen-bond donors (Lipinski definition) is 0. The van der Waals surface area contributed by atoms with Crippen molar-refractivity contribution in [2.24, 2.45) is 11.0 Å². The van der Waals surface area contributed by atoms with Gasteiger partial charge in [-0.3, -0.25) is 0 Å². The van der Waals surface area contributed by atoms with Crippen molar-refractivity contribution in [2.45, 2.75) is 58.8 Å². The van der Waals surface area contributed by atoms with Crippen molar-refractivity contribution in [1.29, 1.82) is 0 Å². The van der Waals surface area contributed by atoms with Gasteiger partial charge in [0.2, 0.25) is 0 Å². The molecule has 2 aliphatic heterocycles. The summed E-state index contributed by atoms with van der Waals surface area (Å²) in [6.45, 7) is 11.7. The third-order valence-electron chi connectivity index (χ3n) is 4.59. The minimum atomic E-state index is -0.617. The summed E-state index contributed by atoms with van der Waals surface area (Å²) in [4.78, 5) is 14.9. The fourth-order valence-electron chi connectivity index (χ4n) is 3.39. The maximum Gasteiger partial charge on any atom is 0.276 e. The zero-order valence-corrected chi connectivity index (χ0v) is 15.2. The number of nitro groups is 1. The van der Waals surface area contributed by atoms with Gasteiger partial charge in [0.1, 0.15) is 11.3 Å². The molecule has 0 N–H and O–H groups in total. The van der Waals surface area contributed by atoms with Crippen LogP contribution in [-0.4, -0.2) is 65.5 Å². The number of ether oxygens (including phenoxy) is 2. The van der Waals surface area contributed by atoms with E-state index in [1.165, 1.54) is 0 Å². The minimum absolute atomic E-state index is 0.110. The van der Waals surface area contributed by atoms with E-state index in [1.807, 2.05) is 16.7 Å². The van der Waals surface area contributed by atoms with E-state index < -0.39 is 5.03 Å². The van der Waals surface area contributed by atoms with Crippen LogP contribution in [0.25, 0.3) is 0 Å². The molecule has 2 aliphatic rings. The fraction of sp³-hybridized carbons (Fsp3) is 0.938. The van der Waals surface area contributed by atoms with Crippen LogP contribution in [0.15, 0.2) is 5.10 Å². The van der Waals surface area contributed by atoms with Gasteiger partial charge in [-0.25, -0.2) is 10.1 Å². The van der Waals surface area contributed by atoms with Gasteiger partial charge in [0.05, 0.1) is 12.2 Å². The maximum absolute atomic E-state index is 11.0. The Morgan fingerprint density at radius 3 is 2.83 bits per heavy atom. The second-order valence-corrected chi connectivity index (χ2v) is 7.24. The zero-order valence-electron chi connectivity index (χ0n) is 15.2. The van der Waals surface area contributed by atoms with Crippen molar-refractivity contribution in [3.63, 3.8) is 0 Å². The first-order valence-electron chi connectivity index (χ1n) is 8.82. The van der Waals surface area contributed by atoms with Crippen molar-refractivity contribution in [3.05, 3.63) is 10.1 Å². The minimum Gasteiger partial charge on any atom is -0.375 e. The van der Waals surface area contributed by atoms with E-state index in [1.54, 1.807) is 0 Å². The van der Waals surface area contributed by atoms with Gasteiger partial charge in [-0.1, -0.05) is 13.3 Å². The second kappa shape index (κ2) is 8.11. The highest BCUT2D eigenvalue weighted by Gasteiger charge is 2.38. The summed E-state index contributed by atoms with van der Waals surface area (Å²) >= 11 is 0. The lowest BCUT2D eigenvalue weighted by molar-refractivity contribution is -0.486. The van der Waals surface area contributed by atoms with Crippen LogP contribution >= 0.6 is 0 Å². The highest BCUT2D eigenvalue weighted by atomic mass is 16.7. The third kappa shape index (κ3) is 5.04. The van der Waals surface area contributed by atoms with Crippen molar-refractivity contribution in [2.75, 3.05) is 32.8 Å². The Kier molecular flexibility index (Phi) is 6.40. The molecular formula is C16H30N4O4. The van der Waals surface area contributed by atoms with E-state index in [9.17, 15) is 10.1 Å². The molecule has 138 valence electrons. The molecule has 0 saturated carbocycles. The predicted octanol–water partition coefficient (Wildman–Crippen LogP) is 2.13. The molecule has 0 aromatic heterocycles. The molecule has 0 radical (unpaired) electrons. The zero-order chi connectivity index (χ0) is 17.7. The number of guanidine groups is 1. The summed E-state index contributed by atoms with van der Waals surface area (Å²) in [6.07, 6.45) is 2.79. The summed E-state index contributed by atoms with van der Waals surface area (Å²) in [5.41, 5.74) is -0.110. The largest absolute Gasteiger partial charge is 0.375 e. The molecule has 0 spiro atoms. The van der Waals surface area contributed by atoms with Crippen LogP contribution in [-0.2, 0) is 9.47 Å².